The number of aromatic hydroxyl groups is 1. The normalized spacial score (nSPS) is 14.0. The summed E-state index contributed by atoms with van der Waals surface area (Å²) in [5, 5.41) is 17.0. The summed E-state index contributed by atoms with van der Waals surface area (Å²) >= 11 is 0. The maximum Gasteiger partial charge on any atom is 0.244 e. The molecule has 3 aromatic rings. The minimum absolute atomic E-state index is 0.0408. The molecule has 44 heavy (non-hydrogen) atoms. The lowest BCUT2D eigenvalue weighted by Crippen LogP contribution is -2.54. The van der Waals surface area contributed by atoms with Crippen molar-refractivity contribution in [3.05, 3.63) is 101 Å². The number of amides is 5. The van der Waals surface area contributed by atoms with Crippen LogP contribution in [0.15, 0.2) is 78.9 Å². The van der Waals surface area contributed by atoms with E-state index in [-0.39, 0.29) is 18.6 Å². The Morgan fingerprint density at radius 1 is 0.864 bits per heavy atom. The average Bonchev–Trinajstić information content (AvgIpc) is 3.05. The van der Waals surface area contributed by atoms with Gasteiger partial charge >= 0.3 is 0 Å². The highest BCUT2D eigenvalue weighted by molar-refractivity contribution is 5.94. The predicted molar refractivity (Wildman–Crippen MR) is 159 cm³/mol. The van der Waals surface area contributed by atoms with Gasteiger partial charge in [-0.3, -0.25) is 24.0 Å². The number of benzene rings is 3. The molecule has 0 spiro atoms. The van der Waals surface area contributed by atoms with Gasteiger partial charge in [-0.25, -0.2) is 4.39 Å². The second-order valence-electron chi connectivity index (χ2n) is 10.00. The van der Waals surface area contributed by atoms with Crippen molar-refractivity contribution in [2.45, 2.75) is 43.9 Å². The number of phenols is 1. The zero-order valence-corrected chi connectivity index (χ0v) is 23.8. The van der Waals surface area contributed by atoms with E-state index in [2.05, 4.69) is 21.7 Å². The summed E-state index contributed by atoms with van der Waals surface area (Å²) in [6.07, 6.45) is -0.140. The Morgan fingerprint density at radius 2 is 1.48 bits per heavy atom. The molecular formula is C31H35FN6O6. The third-order valence-corrected chi connectivity index (χ3v) is 6.51. The van der Waals surface area contributed by atoms with Crippen LogP contribution in [-0.4, -0.2) is 59.3 Å². The lowest BCUT2D eigenvalue weighted by Gasteiger charge is -2.23. The van der Waals surface area contributed by atoms with Crippen LogP contribution in [0.1, 0.15) is 29.7 Å². The van der Waals surface area contributed by atoms with E-state index < -0.39 is 66.1 Å². The Balaban J connectivity index is 1.65. The monoisotopic (exact) mass is 608 g/mol. The summed E-state index contributed by atoms with van der Waals surface area (Å²) < 4.78 is 29.4. The molecule has 0 saturated heterocycles. The molecule has 9 N–H and O–H groups in total. The maximum absolute atomic E-state index is 13.5. The molecule has 0 aliphatic heterocycles. The van der Waals surface area contributed by atoms with Crippen molar-refractivity contribution in [3.63, 3.8) is 0 Å². The number of rotatable bonds is 15. The van der Waals surface area contributed by atoms with E-state index in [1.165, 1.54) is 31.2 Å². The summed E-state index contributed by atoms with van der Waals surface area (Å²) in [7, 11) is 0. The zero-order chi connectivity index (χ0) is 33.8. The van der Waals surface area contributed by atoms with Gasteiger partial charge in [0.2, 0.25) is 29.5 Å². The van der Waals surface area contributed by atoms with E-state index in [1.807, 2.05) is 0 Å². The molecule has 0 aromatic heterocycles. The third kappa shape index (κ3) is 10.2. The van der Waals surface area contributed by atoms with Crippen LogP contribution in [0.25, 0.3) is 0 Å². The van der Waals surface area contributed by atoms with Crippen molar-refractivity contribution in [2.75, 3.05) is 6.54 Å². The van der Waals surface area contributed by atoms with Crippen molar-refractivity contribution < 1.29 is 36.3 Å². The molecule has 3 rings (SSSR count). The number of halogens is 1. The Labute approximate surface area is 256 Å². The minimum Gasteiger partial charge on any atom is -0.508 e. The summed E-state index contributed by atoms with van der Waals surface area (Å²) in [5.74, 6) is -4.71. The molecule has 0 radical (unpaired) electrons. The van der Waals surface area contributed by atoms with Crippen molar-refractivity contribution >= 4 is 29.5 Å². The van der Waals surface area contributed by atoms with E-state index in [0.717, 1.165) is 12.1 Å². The van der Waals surface area contributed by atoms with Gasteiger partial charge in [-0.2, -0.15) is 0 Å². The van der Waals surface area contributed by atoms with E-state index in [1.54, 1.807) is 42.5 Å². The molecule has 0 aliphatic rings. The largest absolute Gasteiger partial charge is 0.508 e. The Hall–Kier alpha value is -5.30. The SMILES string of the molecule is [2H]N[C@@H](Cc1ccc(O)cc1)C(=O)N[C@@H](C)C(=O)NCC(=O)N([2H])[C@@H](Cc1ccc(F)cc1)C(=O)NC(C(N)=O)c1ccccc1. The van der Waals surface area contributed by atoms with Gasteiger partial charge in [0.1, 0.15) is 31.1 Å². The number of primary amides is 1. The Morgan fingerprint density at radius 3 is 2.09 bits per heavy atom. The number of carbonyl (C=O) groups is 5. The zero-order valence-electron chi connectivity index (χ0n) is 25.8. The smallest absolute Gasteiger partial charge is 0.244 e. The van der Waals surface area contributed by atoms with Gasteiger partial charge < -0.3 is 37.8 Å². The molecule has 1 unspecified atom stereocenters. The van der Waals surface area contributed by atoms with Crippen molar-refractivity contribution in [2.24, 2.45) is 11.5 Å². The van der Waals surface area contributed by atoms with Crippen molar-refractivity contribution in [3.8, 4) is 5.75 Å². The van der Waals surface area contributed by atoms with Crippen molar-refractivity contribution in [1.29, 1.82) is 0 Å². The highest BCUT2D eigenvalue weighted by atomic mass is 19.1. The van der Waals surface area contributed by atoms with E-state index in [0.29, 0.717) is 22.0 Å². The number of phenolic OH excluding ortho intramolecular Hbond substituents is 1. The van der Waals surface area contributed by atoms with Crippen LogP contribution >= 0.6 is 0 Å². The lowest BCUT2D eigenvalue weighted by molar-refractivity contribution is -0.132. The molecule has 0 bridgehead atoms. The molecular weight excluding hydrogens is 571 g/mol. The lowest BCUT2D eigenvalue weighted by atomic mass is 10.0. The number of carbonyl (C=O) groups excluding carboxylic acids is 5. The molecule has 13 heteroatoms. The van der Waals surface area contributed by atoms with Crippen molar-refractivity contribution in [1.82, 2.24) is 21.3 Å². The van der Waals surface area contributed by atoms with Gasteiger partial charge in [-0.15, -0.1) is 0 Å². The van der Waals surface area contributed by atoms with Crippen LogP contribution in [-0.2, 0) is 36.8 Å². The highest BCUT2D eigenvalue weighted by Gasteiger charge is 2.27. The van der Waals surface area contributed by atoms with Gasteiger partial charge in [0, 0.05) is 6.42 Å². The van der Waals surface area contributed by atoms with Gasteiger partial charge in [-0.1, -0.05) is 54.6 Å². The van der Waals surface area contributed by atoms with Crippen LogP contribution in [0.3, 0.4) is 0 Å². The van der Waals surface area contributed by atoms with E-state index >= 15 is 0 Å². The number of hydrogen-bond acceptors (Lipinski definition) is 7. The molecule has 232 valence electrons. The first-order chi connectivity index (χ1) is 21.9. The summed E-state index contributed by atoms with van der Waals surface area (Å²) in [5.41, 5.74) is 9.07. The van der Waals surface area contributed by atoms with Gasteiger partial charge in [0.25, 0.3) is 0 Å². The Bertz CT molecular complexity index is 1510. The van der Waals surface area contributed by atoms with Crippen LogP contribution in [0.2, 0.25) is 2.82 Å². The fourth-order valence-electron chi connectivity index (χ4n) is 4.12. The highest BCUT2D eigenvalue weighted by Crippen LogP contribution is 2.14. The first kappa shape index (κ1) is 30.2. The van der Waals surface area contributed by atoms with Crippen LogP contribution in [0.5, 0.6) is 5.75 Å². The van der Waals surface area contributed by atoms with Gasteiger partial charge in [0.15, 0.2) is 1.41 Å². The first-order valence-electron chi connectivity index (χ1n) is 14.6. The second kappa shape index (κ2) is 15.8. The third-order valence-electron chi connectivity index (χ3n) is 6.51. The number of nitrogens with one attached hydrogen (secondary N) is 4. The molecule has 12 nitrogen and oxygen atoms in total. The number of nitrogens with two attached hydrogens (primary N) is 2. The molecule has 4 atom stereocenters. The fourth-order valence-corrected chi connectivity index (χ4v) is 4.12. The summed E-state index contributed by atoms with van der Waals surface area (Å²) in [4.78, 5) is 63.9. The van der Waals surface area contributed by atoms with Gasteiger partial charge in [-0.05, 0) is 54.3 Å². The maximum atomic E-state index is 13.5. The van der Waals surface area contributed by atoms with Crippen LogP contribution < -0.4 is 32.7 Å². The minimum atomic E-state index is -1.51. The fraction of sp³-hybridized carbons (Fsp3) is 0.258. The molecule has 0 fully saturated rings. The van der Waals surface area contributed by atoms with E-state index in [4.69, 9.17) is 8.56 Å². The predicted octanol–water partition coefficient (Wildman–Crippen LogP) is 0.0923. The Kier molecular flexibility index (Phi) is 10.8. The van der Waals surface area contributed by atoms with Gasteiger partial charge in [0.05, 0.1) is 12.6 Å². The topological polar surface area (TPSA) is 206 Å². The number of hydrogen-bond donors (Lipinski definition) is 7. The summed E-state index contributed by atoms with van der Waals surface area (Å²) in [6.45, 7) is 0.636. The molecule has 0 saturated carbocycles. The molecule has 3 aromatic carbocycles. The molecule has 0 aliphatic carbocycles. The first-order valence-corrected chi connectivity index (χ1v) is 13.6. The van der Waals surface area contributed by atoms with Crippen LogP contribution in [0, 0.1) is 5.82 Å². The van der Waals surface area contributed by atoms with Crippen LogP contribution in [0.4, 0.5) is 4.39 Å². The second-order valence-corrected chi connectivity index (χ2v) is 10.00. The quantitative estimate of drug-likeness (QED) is 0.126. The molecule has 5 amide bonds. The summed E-state index contributed by atoms with van der Waals surface area (Å²) in [6, 6.07) is 14.3. The standard InChI is InChI=1S/C31H35FN6O6/c1-18(36-30(43)24(33)15-19-9-13-23(39)14-10-19)29(42)35-17-26(40)37-25(16-20-7-11-22(32)12-8-20)31(44)38-27(28(34)41)21-5-3-2-4-6-21/h2-14,18,24-25,27,39H,15-17,33H2,1H3,(H2,34,41)(H,35,42)(H,36,43)(H,37,40)(H,38,44)/t18-,24-,25-,27?/m0/s1/i/hD2. The van der Waals surface area contributed by atoms with E-state index in [9.17, 15) is 33.5 Å². The molecule has 0 heterocycles. The average molecular weight is 609 g/mol.